The summed E-state index contributed by atoms with van der Waals surface area (Å²) >= 11 is 5.64. The normalized spacial score (nSPS) is 12.2. The molecule has 0 fully saturated rings. The number of benzene rings is 2. The van der Waals surface area contributed by atoms with Gasteiger partial charge in [-0.1, -0.05) is 48.6 Å². The predicted octanol–water partition coefficient (Wildman–Crippen LogP) is 6.69. The Bertz CT molecular complexity index is 1140. The molecule has 178 valence electrons. The summed E-state index contributed by atoms with van der Waals surface area (Å²) in [5, 5.41) is 10.2. The molecular formula is C26H29ClN4O3. The molecule has 0 aliphatic rings. The number of ether oxygens (including phenoxy) is 2. The first-order valence-corrected chi connectivity index (χ1v) is 11.4. The van der Waals surface area contributed by atoms with Crippen LogP contribution in [-0.2, 0) is 11.3 Å². The fraction of sp³-hybridized carbons (Fsp3) is 0.231. The minimum Gasteiger partial charge on any atom is -0.437 e. The summed E-state index contributed by atoms with van der Waals surface area (Å²) < 4.78 is 13.2. The van der Waals surface area contributed by atoms with Gasteiger partial charge in [0.05, 0.1) is 24.0 Å². The van der Waals surface area contributed by atoms with Gasteiger partial charge in [0, 0.05) is 24.7 Å². The molecule has 0 radical (unpaired) electrons. The van der Waals surface area contributed by atoms with Crippen molar-refractivity contribution in [3.05, 3.63) is 90.2 Å². The van der Waals surface area contributed by atoms with E-state index in [2.05, 4.69) is 15.7 Å². The second-order valence-corrected chi connectivity index (χ2v) is 7.80. The number of aryl methyl sites for hydroxylation is 1. The van der Waals surface area contributed by atoms with Crippen LogP contribution in [0.5, 0.6) is 11.6 Å². The van der Waals surface area contributed by atoms with Gasteiger partial charge in [0.25, 0.3) is 0 Å². The van der Waals surface area contributed by atoms with E-state index in [0.717, 1.165) is 11.3 Å². The minimum atomic E-state index is -0.373. The van der Waals surface area contributed by atoms with Crippen molar-refractivity contribution >= 4 is 29.0 Å². The van der Waals surface area contributed by atoms with Gasteiger partial charge in [0.15, 0.2) is 5.75 Å². The lowest BCUT2D eigenvalue weighted by atomic mass is 10.1. The zero-order valence-electron chi connectivity index (χ0n) is 19.5. The number of urea groups is 1. The maximum Gasteiger partial charge on any atom is 0.323 e. The molecule has 1 unspecified atom stereocenters. The van der Waals surface area contributed by atoms with E-state index in [0.29, 0.717) is 35.4 Å². The number of alkyl halides is 1. The Labute approximate surface area is 205 Å². The summed E-state index contributed by atoms with van der Waals surface area (Å²) in [4.78, 5) is 12.6. The van der Waals surface area contributed by atoms with Crippen molar-refractivity contribution in [2.45, 2.75) is 26.5 Å². The third kappa shape index (κ3) is 7.23. The molecule has 2 aromatic carbocycles. The summed E-state index contributed by atoms with van der Waals surface area (Å²) in [6.07, 6.45) is 7.59. The smallest absolute Gasteiger partial charge is 0.323 e. The fourth-order valence-electron chi connectivity index (χ4n) is 3.13. The number of allylic oxidation sites excluding steroid dienone is 4. The fourth-order valence-corrected chi connectivity index (χ4v) is 3.24. The number of methoxy groups -OCH3 is 1. The highest BCUT2D eigenvalue weighted by atomic mass is 35.5. The molecule has 2 amide bonds. The van der Waals surface area contributed by atoms with Crippen molar-refractivity contribution in [1.82, 2.24) is 9.78 Å². The van der Waals surface area contributed by atoms with Crippen molar-refractivity contribution in [2.24, 2.45) is 0 Å². The SMILES string of the molecule is COC(C)c1ccc(NC(=O)Nc2ccccc2Oc2cc(C)nn2C/C=C\C=C/CCl)cc1. The second kappa shape index (κ2) is 12.6. The number of aromatic nitrogens is 2. The average molecular weight is 481 g/mol. The summed E-state index contributed by atoms with van der Waals surface area (Å²) in [6.45, 7) is 4.40. The standard InChI is InChI=1S/C26H29ClN4O3/c1-19-18-25(31(30-19)17-9-5-4-8-16-27)34-24-11-7-6-10-23(24)29-26(32)28-22-14-12-21(13-15-22)20(2)33-3/h4-15,18,20H,16-17H2,1-3H3,(H2,28,29,32)/b8-4-,9-5-. The summed E-state index contributed by atoms with van der Waals surface area (Å²) in [5.74, 6) is 1.55. The largest absolute Gasteiger partial charge is 0.437 e. The molecule has 34 heavy (non-hydrogen) atoms. The molecule has 1 aromatic heterocycles. The van der Waals surface area contributed by atoms with E-state index in [4.69, 9.17) is 21.1 Å². The molecule has 0 saturated carbocycles. The molecule has 8 heteroatoms. The van der Waals surface area contributed by atoms with Crippen LogP contribution in [-0.4, -0.2) is 28.8 Å². The molecule has 0 aliphatic carbocycles. The third-order valence-corrected chi connectivity index (χ3v) is 5.14. The molecule has 1 heterocycles. The van der Waals surface area contributed by atoms with Gasteiger partial charge in [-0.15, -0.1) is 11.6 Å². The first-order valence-electron chi connectivity index (χ1n) is 10.9. The molecule has 0 aliphatic heterocycles. The van der Waals surface area contributed by atoms with Crippen LogP contribution in [0.4, 0.5) is 16.2 Å². The van der Waals surface area contributed by atoms with Gasteiger partial charge in [-0.25, -0.2) is 9.48 Å². The zero-order chi connectivity index (χ0) is 24.3. The number of para-hydroxylation sites is 2. The van der Waals surface area contributed by atoms with Crippen LogP contribution in [0.15, 0.2) is 78.9 Å². The predicted molar refractivity (Wildman–Crippen MR) is 137 cm³/mol. The molecule has 0 spiro atoms. The summed E-state index contributed by atoms with van der Waals surface area (Å²) in [6, 6.07) is 16.2. The Morgan fingerprint density at radius 1 is 1.12 bits per heavy atom. The van der Waals surface area contributed by atoms with E-state index >= 15 is 0 Å². The quantitative estimate of drug-likeness (QED) is 0.250. The van der Waals surface area contributed by atoms with Crippen molar-refractivity contribution in [1.29, 1.82) is 0 Å². The lowest BCUT2D eigenvalue weighted by Crippen LogP contribution is -2.19. The van der Waals surface area contributed by atoms with Crippen LogP contribution in [0.1, 0.15) is 24.3 Å². The maximum absolute atomic E-state index is 12.6. The van der Waals surface area contributed by atoms with Gasteiger partial charge >= 0.3 is 6.03 Å². The number of hydrogen-bond donors (Lipinski definition) is 2. The number of hydrogen-bond acceptors (Lipinski definition) is 4. The van der Waals surface area contributed by atoms with E-state index < -0.39 is 0 Å². The van der Waals surface area contributed by atoms with Crippen molar-refractivity contribution in [3.8, 4) is 11.6 Å². The van der Waals surface area contributed by atoms with Crippen LogP contribution in [0.3, 0.4) is 0 Å². The Balaban J connectivity index is 1.68. The van der Waals surface area contributed by atoms with Gasteiger partial charge in [-0.05, 0) is 43.7 Å². The van der Waals surface area contributed by atoms with Crippen LogP contribution in [0, 0.1) is 6.92 Å². The number of carbonyl (C=O) groups is 1. The minimum absolute atomic E-state index is 0.0124. The zero-order valence-corrected chi connectivity index (χ0v) is 20.3. The second-order valence-electron chi connectivity index (χ2n) is 7.49. The average Bonchev–Trinajstić information content (AvgIpc) is 3.18. The molecule has 1 atom stereocenters. The van der Waals surface area contributed by atoms with E-state index in [9.17, 15) is 4.79 Å². The summed E-state index contributed by atoms with van der Waals surface area (Å²) in [7, 11) is 1.66. The van der Waals surface area contributed by atoms with Gasteiger partial charge < -0.3 is 20.1 Å². The first kappa shape index (κ1) is 25.1. The summed E-state index contributed by atoms with van der Waals surface area (Å²) in [5.41, 5.74) is 3.07. The highest BCUT2D eigenvalue weighted by Gasteiger charge is 2.12. The van der Waals surface area contributed by atoms with Gasteiger partial charge in [-0.2, -0.15) is 5.10 Å². The molecule has 0 bridgehead atoms. The van der Waals surface area contributed by atoms with Crippen molar-refractivity contribution in [2.75, 3.05) is 23.6 Å². The Kier molecular flexibility index (Phi) is 9.31. The van der Waals surface area contributed by atoms with Crippen LogP contribution in [0.2, 0.25) is 0 Å². The number of nitrogens with zero attached hydrogens (tertiary/aromatic N) is 2. The Hall–Kier alpha value is -3.55. The van der Waals surface area contributed by atoms with Crippen LogP contribution in [0.25, 0.3) is 0 Å². The molecule has 2 N–H and O–H groups in total. The maximum atomic E-state index is 12.6. The topological polar surface area (TPSA) is 77.4 Å². The third-order valence-electron chi connectivity index (χ3n) is 4.96. The van der Waals surface area contributed by atoms with E-state index in [1.807, 2.05) is 80.6 Å². The Morgan fingerprint density at radius 3 is 2.59 bits per heavy atom. The van der Waals surface area contributed by atoms with Crippen molar-refractivity contribution in [3.63, 3.8) is 0 Å². The number of rotatable bonds is 10. The number of carbonyl (C=O) groups excluding carboxylic acids is 1. The lowest BCUT2D eigenvalue weighted by molar-refractivity contribution is 0.119. The molecule has 7 nitrogen and oxygen atoms in total. The highest BCUT2D eigenvalue weighted by molar-refractivity contribution is 6.18. The van der Waals surface area contributed by atoms with Gasteiger partial charge in [-0.3, -0.25) is 0 Å². The first-order chi connectivity index (χ1) is 16.5. The van der Waals surface area contributed by atoms with Crippen molar-refractivity contribution < 1.29 is 14.3 Å². The molecule has 0 saturated heterocycles. The number of anilines is 2. The molecular weight excluding hydrogens is 452 g/mol. The van der Waals surface area contributed by atoms with Gasteiger partial charge in [0.2, 0.25) is 5.88 Å². The lowest BCUT2D eigenvalue weighted by Gasteiger charge is -2.14. The Morgan fingerprint density at radius 2 is 1.85 bits per heavy atom. The monoisotopic (exact) mass is 480 g/mol. The van der Waals surface area contributed by atoms with Crippen LogP contribution < -0.4 is 15.4 Å². The number of nitrogens with one attached hydrogen (secondary N) is 2. The van der Waals surface area contributed by atoms with Crippen LogP contribution >= 0.6 is 11.6 Å². The van der Waals surface area contributed by atoms with Gasteiger partial charge in [0.1, 0.15) is 0 Å². The molecule has 3 aromatic rings. The van der Waals surface area contributed by atoms with E-state index in [1.54, 1.807) is 23.9 Å². The highest BCUT2D eigenvalue weighted by Crippen LogP contribution is 2.30. The number of amides is 2. The molecule has 3 rings (SSSR count). The number of halogens is 1. The van der Waals surface area contributed by atoms with E-state index in [1.165, 1.54) is 0 Å². The van der Waals surface area contributed by atoms with E-state index in [-0.39, 0.29) is 12.1 Å².